The Hall–Kier alpha value is -1.76. The van der Waals surface area contributed by atoms with Crippen molar-refractivity contribution in [2.24, 2.45) is 5.73 Å². The van der Waals surface area contributed by atoms with Crippen molar-refractivity contribution >= 4 is 21.5 Å². The molecule has 0 saturated heterocycles. The molecule has 2 rings (SSSR count). The monoisotopic (exact) mass is 297 g/mol. The molecule has 0 atom stereocenters. The summed E-state index contributed by atoms with van der Waals surface area (Å²) in [6.07, 6.45) is 3.30. The first-order chi connectivity index (χ1) is 9.44. The number of methoxy groups -OCH3 is 1. The maximum atomic E-state index is 12.3. The number of sulfonamides is 1. The van der Waals surface area contributed by atoms with Crippen LogP contribution >= 0.6 is 0 Å². The summed E-state index contributed by atoms with van der Waals surface area (Å²) in [5, 5.41) is 7.04. The van der Waals surface area contributed by atoms with Crippen LogP contribution in [0.5, 0.6) is 5.75 Å². The standard InChI is InChI=1S/C13H19N3O3S/c1-19-12-8-9(13(14)15)6-7-11(12)16-20(17,18)10-4-2-3-5-10/h6-8,10,16H,2-5H2,1H3,(H3,14,15). The molecule has 1 aliphatic carbocycles. The number of rotatable bonds is 5. The normalized spacial score (nSPS) is 16.1. The maximum Gasteiger partial charge on any atom is 0.235 e. The van der Waals surface area contributed by atoms with Crippen molar-refractivity contribution in [1.29, 1.82) is 5.41 Å². The van der Waals surface area contributed by atoms with Gasteiger partial charge in [-0.2, -0.15) is 0 Å². The van der Waals surface area contributed by atoms with Gasteiger partial charge in [-0.15, -0.1) is 0 Å². The fourth-order valence-corrected chi connectivity index (χ4v) is 3.97. The molecule has 1 fully saturated rings. The number of amidine groups is 1. The topological polar surface area (TPSA) is 105 Å². The van der Waals surface area contributed by atoms with E-state index in [1.54, 1.807) is 18.2 Å². The Balaban J connectivity index is 2.26. The Labute approximate surface area is 118 Å². The summed E-state index contributed by atoms with van der Waals surface area (Å²) >= 11 is 0. The number of hydrogen-bond acceptors (Lipinski definition) is 4. The molecule has 1 aromatic carbocycles. The van der Waals surface area contributed by atoms with E-state index >= 15 is 0 Å². The van der Waals surface area contributed by atoms with Crippen LogP contribution in [0.3, 0.4) is 0 Å². The summed E-state index contributed by atoms with van der Waals surface area (Å²) in [6.45, 7) is 0. The minimum Gasteiger partial charge on any atom is -0.495 e. The van der Waals surface area contributed by atoms with Gasteiger partial charge in [0.05, 0.1) is 18.0 Å². The van der Waals surface area contributed by atoms with Crippen LogP contribution in [-0.2, 0) is 10.0 Å². The zero-order chi connectivity index (χ0) is 14.8. The molecule has 0 bridgehead atoms. The van der Waals surface area contributed by atoms with Crippen molar-refractivity contribution in [3.8, 4) is 5.75 Å². The molecule has 6 nitrogen and oxygen atoms in total. The first-order valence-corrected chi connectivity index (χ1v) is 8.03. The van der Waals surface area contributed by atoms with Crippen LogP contribution in [-0.4, -0.2) is 26.6 Å². The Bertz CT molecular complexity index is 607. The summed E-state index contributed by atoms with van der Waals surface area (Å²) in [6, 6.07) is 4.72. The van der Waals surface area contributed by atoms with Gasteiger partial charge in [-0.05, 0) is 31.0 Å². The summed E-state index contributed by atoms with van der Waals surface area (Å²) in [5.41, 5.74) is 6.27. The van der Waals surface area contributed by atoms with Gasteiger partial charge < -0.3 is 10.5 Å². The highest BCUT2D eigenvalue weighted by Crippen LogP contribution is 2.30. The maximum absolute atomic E-state index is 12.3. The van der Waals surface area contributed by atoms with E-state index in [0.29, 0.717) is 29.8 Å². The lowest BCUT2D eigenvalue weighted by molar-refractivity contribution is 0.416. The third-order valence-electron chi connectivity index (χ3n) is 3.51. The quantitative estimate of drug-likeness (QED) is 0.567. The van der Waals surface area contributed by atoms with E-state index in [-0.39, 0.29) is 11.1 Å². The SMILES string of the molecule is COc1cc(C(=N)N)ccc1NS(=O)(=O)C1CCCC1. The van der Waals surface area contributed by atoms with Crippen LogP contribution in [0.25, 0.3) is 0 Å². The third-order valence-corrected chi connectivity index (χ3v) is 5.36. The summed E-state index contributed by atoms with van der Waals surface area (Å²) in [7, 11) is -1.94. The zero-order valence-electron chi connectivity index (χ0n) is 11.3. The number of nitrogen functional groups attached to an aromatic ring is 1. The second-order valence-electron chi connectivity index (χ2n) is 4.88. The lowest BCUT2D eigenvalue weighted by atomic mass is 10.2. The lowest BCUT2D eigenvalue weighted by Gasteiger charge is -2.16. The molecule has 0 aromatic heterocycles. The second kappa shape index (κ2) is 5.70. The van der Waals surface area contributed by atoms with Gasteiger partial charge in [0, 0.05) is 5.56 Å². The zero-order valence-corrected chi connectivity index (χ0v) is 12.2. The molecule has 1 aliphatic rings. The smallest absolute Gasteiger partial charge is 0.235 e. The third kappa shape index (κ3) is 3.04. The van der Waals surface area contributed by atoms with E-state index in [4.69, 9.17) is 15.9 Å². The van der Waals surface area contributed by atoms with Crippen LogP contribution in [0.15, 0.2) is 18.2 Å². The molecule has 0 unspecified atom stereocenters. The molecule has 0 heterocycles. The molecule has 0 spiro atoms. The molecule has 20 heavy (non-hydrogen) atoms. The first kappa shape index (κ1) is 14.6. The van der Waals surface area contributed by atoms with Crippen molar-refractivity contribution < 1.29 is 13.2 Å². The highest BCUT2D eigenvalue weighted by atomic mass is 32.2. The summed E-state index contributed by atoms with van der Waals surface area (Å²) < 4.78 is 32.3. The van der Waals surface area contributed by atoms with Gasteiger partial charge in [0.1, 0.15) is 11.6 Å². The molecule has 0 amide bonds. The van der Waals surface area contributed by atoms with Crippen LogP contribution < -0.4 is 15.2 Å². The van der Waals surface area contributed by atoms with Crippen molar-refractivity contribution in [3.05, 3.63) is 23.8 Å². The van der Waals surface area contributed by atoms with Gasteiger partial charge in [0.15, 0.2) is 0 Å². The van der Waals surface area contributed by atoms with Gasteiger partial charge in [-0.1, -0.05) is 12.8 Å². The van der Waals surface area contributed by atoms with Gasteiger partial charge in [0.2, 0.25) is 10.0 Å². The van der Waals surface area contributed by atoms with Crippen LogP contribution in [0.1, 0.15) is 31.2 Å². The number of hydrogen-bond donors (Lipinski definition) is 3. The van der Waals surface area contributed by atoms with Crippen LogP contribution in [0.4, 0.5) is 5.69 Å². The Morgan fingerprint density at radius 1 is 1.40 bits per heavy atom. The number of benzene rings is 1. The molecule has 1 aromatic rings. The Kier molecular flexibility index (Phi) is 4.17. The van der Waals surface area contributed by atoms with E-state index in [0.717, 1.165) is 12.8 Å². The molecular weight excluding hydrogens is 278 g/mol. The van der Waals surface area contributed by atoms with Crippen molar-refractivity contribution in [3.63, 3.8) is 0 Å². The number of ether oxygens (including phenoxy) is 1. The van der Waals surface area contributed by atoms with E-state index < -0.39 is 10.0 Å². The average molecular weight is 297 g/mol. The summed E-state index contributed by atoms with van der Waals surface area (Å²) in [5.74, 6) is 0.271. The van der Waals surface area contributed by atoms with Gasteiger partial charge in [0.25, 0.3) is 0 Å². The molecule has 4 N–H and O–H groups in total. The second-order valence-corrected chi connectivity index (χ2v) is 6.84. The lowest BCUT2D eigenvalue weighted by Crippen LogP contribution is -2.25. The number of anilines is 1. The van der Waals surface area contributed by atoms with Crippen LogP contribution in [0, 0.1) is 5.41 Å². The molecule has 0 radical (unpaired) electrons. The highest BCUT2D eigenvalue weighted by molar-refractivity contribution is 7.93. The fourth-order valence-electron chi connectivity index (χ4n) is 2.38. The van der Waals surface area contributed by atoms with Gasteiger partial charge in [-0.3, -0.25) is 10.1 Å². The molecule has 110 valence electrons. The van der Waals surface area contributed by atoms with E-state index in [9.17, 15) is 8.42 Å². The van der Waals surface area contributed by atoms with E-state index in [2.05, 4.69) is 4.72 Å². The molecule has 0 aliphatic heterocycles. The average Bonchev–Trinajstić information content (AvgIpc) is 2.93. The van der Waals surface area contributed by atoms with Crippen LogP contribution in [0.2, 0.25) is 0 Å². The Morgan fingerprint density at radius 3 is 2.60 bits per heavy atom. The predicted octanol–water partition coefficient (Wildman–Crippen LogP) is 1.66. The summed E-state index contributed by atoms with van der Waals surface area (Å²) in [4.78, 5) is 0. The predicted molar refractivity (Wildman–Crippen MR) is 78.8 cm³/mol. The highest BCUT2D eigenvalue weighted by Gasteiger charge is 2.29. The minimum absolute atomic E-state index is 0.0894. The molecular formula is C13H19N3O3S. The van der Waals surface area contributed by atoms with Gasteiger partial charge >= 0.3 is 0 Å². The van der Waals surface area contributed by atoms with Crippen molar-refractivity contribution in [2.75, 3.05) is 11.8 Å². The number of nitrogens with one attached hydrogen (secondary N) is 2. The van der Waals surface area contributed by atoms with Gasteiger partial charge in [-0.25, -0.2) is 8.42 Å². The number of nitrogens with two attached hydrogens (primary N) is 1. The molecule has 7 heteroatoms. The fraction of sp³-hybridized carbons (Fsp3) is 0.462. The van der Waals surface area contributed by atoms with E-state index in [1.165, 1.54) is 7.11 Å². The Morgan fingerprint density at radius 2 is 2.05 bits per heavy atom. The van der Waals surface area contributed by atoms with Crippen molar-refractivity contribution in [1.82, 2.24) is 0 Å². The van der Waals surface area contributed by atoms with Crippen molar-refractivity contribution in [2.45, 2.75) is 30.9 Å². The largest absolute Gasteiger partial charge is 0.495 e. The van der Waals surface area contributed by atoms with E-state index in [1.807, 2.05) is 0 Å². The first-order valence-electron chi connectivity index (χ1n) is 6.48. The minimum atomic E-state index is -3.39. The molecule has 1 saturated carbocycles.